The number of rotatable bonds is 6. The molecule has 0 unspecified atom stereocenters. The van der Waals surface area contributed by atoms with Gasteiger partial charge in [-0.1, -0.05) is 32.0 Å². The molecule has 0 heterocycles. The van der Waals surface area contributed by atoms with Crippen LogP contribution in [0.1, 0.15) is 32.3 Å². The molecule has 1 rings (SSSR count). The van der Waals surface area contributed by atoms with Crippen LogP contribution in [0.25, 0.3) is 0 Å². The van der Waals surface area contributed by atoms with Gasteiger partial charge in [-0.05, 0) is 37.4 Å². The van der Waals surface area contributed by atoms with Crippen molar-refractivity contribution in [1.29, 1.82) is 0 Å². The van der Waals surface area contributed by atoms with Crippen molar-refractivity contribution in [2.45, 2.75) is 39.2 Å². The number of nitrogens with two attached hydrogens (primary N) is 1. The van der Waals surface area contributed by atoms with E-state index in [1.165, 1.54) is 5.56 Å². The second-order valence-corrected chi connectivity index (χ2v) is 3.70. The van der Waals surface area contributed by atoms with E-state index in [4.69, 9.17) is 10.5 Å². The molecule has 0 saturated carbocycles. The topological polar surface area (TPSA) is 35.2 Å². The molecule has 0 aliphatic carbocycles. The van der Waals surface area contributed by atoms with Crippen LogP contribution >= 0.6 is 0 Å². The molecular formula is C13H21NO. The van der Waals surface area contributed by atoms with Crippen LogP contribution in [-0.2, 0) is 6.42 Å². The highest BCUT2D eigenvalue weighted by atomic mass is 16.5. The fraction of sp³-hybridized carbons (Fsp3) is 0.538. The SMILES string of the molecule is CCC(CC)Oc1ccccc1CCN. The van der Waals surface area contributed by atoms with Gasteiger partial charge in [-0.15, -0.1) is 0 Å². The summed E-state index contributed by atoms with van der Waals surface area (Å²) < 4.78 is 5.94. The molecule has 0 amide bonds. The van der Waals surface area contributed by atoms with Gasteiger partial charge in [0.1, 0.15) is 5.75 Å². The van der Waals surface area contributed by atoms with Crippen LogP contribution in [0, 0.1) is 0 Å². The zero-order valence-electron chi connectivity index (χ0n) is 9.70. The molecule has 0 bridgehead atoms. The number of hydrogen-bond donors (Lipinski definition) is 1. The fourth-order valence-electron chi connectivity index (χ4n) is 1.62. The summed E-state index contributed by atoms with van der Waals surface area (Å²) in [6.07, 6.45) is 3.31. The lowest BCUT2D eigenvalue weighted by Crippen LogP contribution is -2.15. The van der Waals surface area contributed by atoms with Gasteiger partial charge in [-0.25, -0.2) is 0 Å². The van der Waals surface area contributed by atoms with Crippen molar-refractivity contribution < 1.29 is 4.74 Å². The minimum atomic E-state index is 0.323. The molecule has 0 fully saturated rings. The summed E-state index contributed by atoms with van der Waals surface area (Å²) in [7, 11) is 0. The summed E-state index contributed by atoms with van der Waals surface area (Å²) in [6.45, 7) is 4.97. The van der Waals surface area contributed by atoms with Crippen LogP contribution in [0.2, 0.25) is 0 Å². The predicted molar refractivity (Wildman–Crippen MR) is 64.2 cm³/mol. The smallest absolute Gasteiger partial charge is 0.122 e. The van der Waals surface area contributed by atoms with Gasteiger partial charge in [0.25, 0.3) is 0 Å². The molecule has 84 valence electrons. The normalized spacial score (nSPS) is 10.7. The van der Waals surface area contributed by atoms with Crippen LogP contribution in [0.3, 0.4) is 0 Å². The Morgan fingerprint density at radius 1 is 1.20 bits per heavy atom. The Morgan fingerprint density at radius 2 is 1.87 bits per heavy atom. The molecule has 15 heavy (non-hydrogen) atoms. The Labute approximate surface area is 92.4 Å². The summed E-state index contributed by atoms with van der Waals surface area (Å²) in [5.74, 6) is 0.997. The molecule has 0 atom stereocenters. The van der Waals surface area contributed by atoms with Gasteiger partial charge in [-0.3, -0.25) is 0 Å². The zero-order valence-corrected chi connectivity index (χ0v) is 9.70. The Bertz CT molecular complexity index is 282. The first-order valence-corrected chi connectivity index (χ1v) is 5.76. The second kappa shape index (κ2) is 6.46. The van der Waals surface area contributed by atoms with Crippen LogP contribution in [-0.4, -0.2) is 12.6 Å². The van der Waals surface area contributed by atoms with E-state index in [1.54, 1.807) is 0 Å². The minimum Gasteiger partial charge on any atom is -0.490 e. The monoisotopic (exact) mass is 207 g/mol. The Morgan fingerprint density at radius 3 is 2.47 bits per heavy atom. The van der Waals surface area contributed by atoms with Gasteiger partial charge in [0.2, 0.25) is 0 Å². The Hall–Kier alpha value is -1.02. The summed E-state index contributed by atoms with van der Waals surface area (Å²) >= 11 is 0. The highest BCUT2D eigenvalue weighted by Crippen LogP contribution is 2.21. The molecule has 2 heteroatoms. The van der Waals surface area contributed by atoms with E-state index in [1.807, 2.05) is 18.2 Å². The van der Waals surface area contributed by atoms with Gasteiger partial charge in [0.15, 0.2) is 0 Å². The maximum Gasteiger partial charge on any atom is 0.122 e. The standard InChI is InChI=1S/C13H21NO/c1-3-12(4-2)15-13-8-6-5-7-11(13)9-10-14/h5-8,12H,3-4,9-10,14H2,1-2H3. The lowest BCUT2D eigenvalue weighted by molar-refractivity contribution is 0.191. The average molecular weight is 207 g/mol. The van der Waals surface area contributed by atoms with Crippen molar-refractivity contribution in [3.8, 4) is 5.75 Å². The minimum absolute atomic E-state index is 0.323. The van der Waals surface area contributed by atoms with E-state index in [9.17, 15) is 0 Å². The predicted octanol–water partition coefficient (Wildman–Crippen LogP) is 2.76. The molecule has 1 aromatic carbocycles. The maximum absolute atomic E-state index is 5.94. The van der Waals surface area contributed by atoms with Gasteiger partial charge >= 0.3 is 0 Å². The van der Waals surface area contributed by atoms with Gasteiger partial charge in [0, 0.05) is 0 Å². The van der Waals surface area contributed by atoms with E-state index in [2.05, 4.69) is 19.9 Å². The van der Waals surface area contributed by atoms with Crippen LogP contribution in [0.5, 0.6) is 5.75 Å². The number of ether oxygens (including phenoxy) is 1. The van der Waals surface area contributed by atoms with Gasteiger partial charge in [0.05, 0.1) is 6.10 Å². The lowest BCUT2D eigenvalue weighted by atomic mass is 10.1. The first kappa shape index (κ1) is 12.1. The van der Waals surface area contributed by atoms with Gasteiger partial charge in [-0.2, -0.15) is 0 Å². The second-order valence-electron chi connectivity index (χ2n) is 3.70. The zero-order chi connectivity index (χ0) is 11.1. The van der Waals surface area contributed by atoms with Crippen molar-refractivity contribution >= 4 is 0 Å². The number of hydrogen-bond acceptors (Lipinski definition) is 2. The molecule has 2 nitrogen and oxygen atoms in total. The van der Waals surface area contributed by atoms with E-state index >= 15 is 0 Å². The first-order valence-electron chi connectivity index (χ1n) is 5.76. The molecular weight excluding hydrogens is 186 g/mol. The third-order valence-electron chi connectivity index (χ3n) is 2.59. The van der Waals surface area contributed by atoms with Crippen LogP contribution < -0.4 is 10.5 Å². The third kappa shape index (κ3) is 3.56. The third-order valence-corrected chi connectivity index (χ3v) is 2.59. The van der Waals surface area contributed by atoms with Crippen LogP contribution in [0.15, 0.2) is 24.3 Å². The average Bonchev–Trinajstić information content (AvgIpc) is 2.28. The molecule has 2 N–H and O–H groups in total. The van der Waals surface area contributed by atoms with Gasteiger partial charge < -0.3 is 10.5 Å². The van der Waals surface area contributed by atoms with E-state index in [0.29, 0.717) is 12.6 Å². The summed E-state index contributed by atoms with van der Waals surface area (Å²) in [6, 6.07) is 8.16. The Balaban J connectivity index is 2.73. The van der Waals surface area contributed by atoms with Crippen LogP contribution in [0.4, 0.5) is 0 Å². The van der Waals surface area contributed by atoms with E-state index < -0.39 is 0 Å². The van der Waals surface area contributed by atoms with Crippen molar-refractivity contribution in [3.05, 3.63) is 29.8 Å². The van der Waals surface area contributed by atoms with E-state index in [-0.39, 0.29) is 0 Å². The fourth-order valence-corrected chi connectivity index (χ4v) is 1.62. The first-order chi connectivity index (χ1) is 7.31. The maximum atomic E-state index is 5.94. The number of benzene rings is 1. The van der Waals surface area contributed by atoms with Crippen molar-refractivity contribution in [2.75, 3.05) is 6.54 Å². The molecule has 0 radical (unpaired) electrons. The largest absolute Gasteiger partial charge is 0.490 e. The molecule has 0 aromatic heterocycles. The molecule has 0 aliphatic rings. The summed E-state index contributed by atoms with van der Waals surface area (Å²) in [4.78, 5) is 0. The van der Waals surface area contributed by atoms with Crippen molar-refractivity contribution in [1.82, 2.24) is 0 Å². The molecule has 1 aromatic rings. The highest BCUT2D eigenvalue weighted by Gasteiger charge is 2.08. The quantitative estimate of drug-likeness (QED) is 0.778. The Kier molecular flexibility index (Phi) is 5.19. The van der Waals surface area contributed by atoms with Crippen molar-refractivity contribution in [2.24, 2.45) is 5.73 Å². The summed E-state index contributed by atoms with van der Waals surface area (Å²) in [5.41, 5.74) is 6.78. The molecule has 0 spiro atoms. The molecule has 0 aliphatic heterocycles. The van der Waals surface area contributed by atoms with E-state index in [0.717, 1.165) is 25.0 Å². The summed E-state index contributed by atoms with van der Waals surface area (Å²) in [5, 5.41) is 0. The molecule has 0 saturated heterocycles. The lowest BCUT2D eigenvalue weighted by Gasteiger charge is -2.18. The van der Waals surface area contributed by atoms with Crippen molar-refractivity contribution in [3.63, 3.8) is 0 Å². The highest BCUT2D eigenvalue weighted by molar-refractivity contribution is 5.33. The number of para-hydroxylation sites is 1.